The second-order valence-corrected chi connectivity index (χ2v) is 4.32. The van der Waals surface area contributed by atoms with E-state index in [4.69, 9.17) is 23.2 Å². The Balaban J connectivity index is 2.74. The molecule has 0 fully saturated rings. The third-order valence-electron chi connectivity index (χ3n) is 1.85. The normalized spacial score (nSPS) is 10.4. The van der Waals surface area contributed by atoms with Gasteiger partial charge in [-0.1, -0.05) is 39.7 Å². The van der Waals surface area contributed by atoms with Crippen molar-refractivity contribution in [2.24, 2.45) is 0 Å². The second kappa shape index (κ2) is 5.90. The van der Waals surface area contributed by atoms with E-state index in [1.165, 1.54) is 5.56 Å². The highest BCUT2D eigenvalue weighted by Crippen LogP contribution is 2.20. The van der Waals surface area contributed by atoms with Crippen LogP contribution >= 0.6 is 39.1 Å². The molecule has 0 aliphatic carbocycles. The van der Waals surface area contributed by atoms with Crippen LogP contribution in [0.15, 0.2) is 18.2 Å². The fourth-order valence-corrected chi connectivity index (χ4v) is 1.91. The number of aryl methyl sites for hydroxylation is 1. The average Bonchev–Trinajstić information content (AvgIpc) is 2.16. The summed E-state index contributed by atoms with van der Waals surface area (Å²) in [6, 6.07) is 6.06. The van der Waals surface area contributed by atoms with Crippen LogP contribution < -0.4 is 0 Å². The molecule has 1 rings (SSSR count). The predicted molar refractivity (Wildman–Crippen MR) is 63.1 cm³/mol. The molecule has 0 aromatic heterocycles. The van der Waals surface area contributed by atoms with Gasteiger partial charge in [0.2, 0.25) is 0 Å². The Bertz CT molecular complexity index is 274. The molecule has 0 nitrogen and oxygen atoms in total. The predicted octanol–water partition coefficient (Wildman–Crippen LogP) is 4.41. The van der Waals surface area contributed by atoms with Gasteiger partial charge in [-0.3, -0.25) is 0 Å². The standard InChI is InChI=1S/C10H11BrCl2/c11-5-1-2-8-3-4-10(13)9(6-8)7-12/h3-4,6H,1-2,5,7H2. The molecule has 0 unspecified atom stereocenters. The molecular weight excluding hydrogens is 271 g/mol. The van der Waals surface area contributed by atoms with Gasteiger partial charge in [-0.15, -0.1) is 11.6 Å². The van der Waals surface area contributed by atoms with Crippen molar-refractivity contribution in [3.05, 3.63) is 34.3 Å². The number of benzene rings is 1. The van der Waals surface area contributed by atoms with Crippen LogP contribution in [0.4, 0.5) is 0 Å². The van der Waals surface area contributed by atoms with Gasteiger partial charge in [-0.05, 0) is 30.0 Å². The summed E-state index contributed by atoms with van der Waals surface area (Å²) in [6.07, 6.45) is 2.22. The van der Waals surface area contributed by atoms with Crippen LogP contribution in [0.25, 0.3) is 0 Å². The van der Waals surface area contributed by atoms with Gasteiger partial charge in [0, 0.05) is 16.2 Å². The van der Waals surface area contributed by atoms with Crippen LogP contribution in [0.5, 0.6) is 0 Å². The number of alkyl halides is 2. The lowest BCUT2D eigenvalue weighted by atomic mass is 10.1. The summed E-state index contributed by atoms with van der Waals surface area (Å²) in [4.78, 5) is 0. The quantitative estimate of drug-likeness (QED) is 0.718. The maximum Gasteiger partial charge on any atom is 0.0488 e. The van der Waals surface area contributed by atoms with Gasteiger partial charge in [0.05, 0.1) is 0 Å². The van der Waals surface area contributed by atoms with Crippen molar-refractivity contribution in [3.63, 3.8) is 0 Å². The highest BCUT2D eigenvalue weighted by Gasteiger charge is 2.00. The number of rotatable bonds is 4. The fourth-order valence-electron chi connectivity index (χ4n) is 1.16. The number of halogens is 3. The summed E-state index contributed by atoms with van der Waals surface area (Å²) < 4.78 is 0. The highest BCUT2D eigenvalue weighted by atomic mass is 79.9. The van der Waals surface area contributed by atoms with Crippen molar-refractivity contribution in [1.29, 1.82) is 0 Å². The summed E-state index contributed by atoms with van der Waals surface area (Å²) >= 11 is 15.1. The van der Waals surface area contributed by atoms with Gasteiger partial charge in [-0.25, -0.2) is 0 Å². The van der Waals surface area contributed by atoms with Gasteiger partial charge >= 0.3 is 0 Å². The van der Waals surface area contributed by atoms with Gasteiger partial charge in [0.15, 0.2) is 0 Å². The second-order valence-electron chi connectivity index (χ2n) is 2.85. The fraction of sp³-hybridized carbons (Fsp3) is 0.400. The van der Waals surface area contributed by atoms with Crippen molar-refractivity contribution in [3.8, 4) is 0 Å². The minimum Gasteiger partial charge on any atom is -0.121 e. The monoisotopic (exact) mass is 280 g/mol. The summed E-state index contributed by atoms with van der Waals surface area (Å²) in [5, 5.41) is 1.80. The van der Waals surface area contributed by atoms with Crippen molar-refractivity contribution in [1.82, 2.24) is 0 Å². The molecule has 1 aromatic carbocycles. The van der Waals surface area contributed by atoms with Gasteiger partial charge in [0.25, 0.3) is 0 Å². The van der Waals surface area contributed by atoms with Crippen molar-refractivity contribution >= 4 is 39.1 Å². The molecule has 0 heterocycles. The molecule has 0 bridgehead atoms. The van der Waals surface area contributed by atoms with E-state index in [1.54, 1.807) is 0 Å². The van der Waals surface area contributed by atoms with E-state index in [9.17, 15) is 0 Å². The Morgan fingerprint density at radius 1 is 1.31 bits per heavy atom. The Morgan fingerprint density at radius 3 is 2.69 bits per heavy atom. The highest BCUT2D eigenvalue weighted by molar-refractivity contribution is 9.09. The van der Waals surface area contributed by atoms with Crippen LogP contribution in [0, 0.1) is 0 Å². The van der Waals surface area contributed by atoms with E-state index >= 15 is 0 Å². The van der Waals surface area contributed by atoms with E-state index in [1.807, 2.05) is 6.07 Å². The summed E-state index contributed by atoms with van der Waals surface area (Å²) in [7, 11) is 0. The Hall–Kier alpha value is 0.280. The van der Waals surface area contributed by atoms with Gasteiger partial charge < -0.3 is 0 Å². The van der Waals surface area contributed by atoms with Crippen molar-refractivity contribution in [2.75, 3.05) is 5.33 Å². The van der Waals surface area contributed by atoms with Crippen molar-refractivity contribution < 1.29 is 0 Å². The van der Waals surface area contributed by atoms with Crippen molar-refractivity contribution in [2.45, 2.75) is 18.7 Å². The lowest BCUT2D eigenvalue weighted by Gasteiger charge is -2.03. The zero-order valence-corrected chi connectivity index (χ0v) is 10.3. The minimum absolute atomic E-state index is 0.487. The first-order valence-corrected chi connectivity index (χ1v) is 6.20. The van der Waals surface area contributed by atoms with E-state index in [-0.39, 0.29) is 0 Å². The summed E-state index contributed by atoms with van der Waals surface area (Å²) in [5.41, 5.74) is 2.33. The Kier molecular flexibility index (Phi) is 5.15. The average molecular weight is 282 g/mol. The SMILES string of the molecule is ClCc1cc(CCCBr)ccc1Cl. The third kappa shape index (κ3) is 3.49. The van der Waals surface area contributed by atoms with E-state index in [2.05, 4.69) is 28.1 Å². The maximum absolute atomic E-state index is 5.94. The van der Waals surface area contributed by atoms with Crippen LogP contribution in [0.2, 0.25) is 5.02 Å². The van der Waals surface area contributed by atoms with E-state index in [0.29, 0.717) is 5.88 Å². The van der Waals surface area contributed by atoms with E-state index < -0.39 is 0 Å². The molecule has 13 heavy (non-hydrogen) atoms. The molecule has 0 amide bonds. The van der Waals surface area contributed by atoms with E-state index in [0.717, 1.165) is 28.8 Å². The lowest BCUT2D eigenvalue weighted by molar-refractivity contribution is 0.937. The topological polar surface area (TPSA) is 0 Å². The smallest absolute Gasteiger partial charge is 0.0488 e. The van der Waals surface area contributed by atoms with Crippen LogP contribution in [0.3, 0.4) is 0 Å². The molecule has 72 valence electrons. The van der Waals surface area contributed by atoms with Gasteiger partial charge in [-0.2, -0.15) is 0 Å². The molecule has 1 aromatic rings. The molecule has 3 heteroatoms. The first-order valence-electron chi connectivity index (χ1n) is 4.17. The molecular formula is C10H11BrCl2. The molecule has 0 aliphatic heterocycles. The molecule has 0 spiro atoms. The number of hydrogen-bond donors (Lipinski definition) is 0. The van der Waals surface area contributed by atoms with Crippen LogP contribution in [-0.4, -0.2) is 5.33 Å². The molecule has 0 radical (unpaired) electrons. The first-order chi connectivity index (χ1) is 6.27. The molecule has 0 N–H and O–H groups in total. The molecule has 0 saturated heterocycles. The third-order valence-corrected chi connectivity index (χ3v) is 3.07. The lowest BCUT2D eigenvalue weighted by Crippen LogP contribution is -1.89. The molecule has 0 aliphatic rings. The van der Waals surface area contributed by atoms with Crippen LogP contribution in [-0.2, 0) is 12.3 Å². The van der Waals surface area contributed by atoms with Gasteiger partial charge in [0.1, 0.15) is 0 Å². The zero-order valence-electron chi connectivity index (χ0n) is 7.19. The maximum atomic E-state index is 5.94. The Labute approximate surface area is 97.4 Å². The summed E-state index contributed by atoms with van der Waals surface area (Å²) in [6.45, 7) is 0. The molecule has 0 atom stereocenters. The summed E-state index contributed by atoms with van der Waals surface area (Å²) in [5.74, 6) is 0.487. The minimum atomic E-state index is 0.487. The van der Waals surface area contributed by atoms with Crippen LogP contribution in [0.1, 0.15) is 17.5 Å². The largest absolute Gasteiger partial charge is 0.121 e. The zero-order chi connectivity index (χ0) is 9.68. The molecule has 0 saturated carbocycles. The number of hydrogen-bond acceptors (Lipinski definition) is 0. The Morgan fingerprint density at radius 2 is 2.08 bits per heavy atom. The first kappa shape index (κ1) is 11.4.